The van der Waals surface area contributed by atoms with E-state index < -0.39 is 23.3 Å². The molecule has 0 radical (unpaired) electrons. The van der Waals surface area contributed by atoms with Crippen molar-refractivity contribution in [1.29, 1.82) is 0 Å². The number of phenolic OH excluding ortho intramolecular Hbond substituents is 2. The van der Waals surface area contributed by atoms with Crippen molar-refractivity contribution in [1.82, 2.24) is 5.32 Å². The number of carbonyl (C=O) groups is 2. The highest BCUT2D eigenvalue weighted by Crippen LogP contribution is 2.25. The zero-order chi connectivity index (χ0) is 16.2. The normalized spacial score (nSPS) is 12.7. The van der Waals surface area contributed by atoms with E-state index in [1.807, 2.05) is 0 Å². The van der Waals surface area contributed by atoms with Crippen LogP contribution in [0.4, 0.5) is 0 Å². The highest BCUT2D eigenvalue weighted by Gasteiger charge is 2.28. The van der Waals surface area contributed by atoms with E-state index in [1.165, 1.54) is 26.0 Å². The molecule has 0 fully saturated rings. The third kappa shape index (κ3) is 4.64. The van der Waals surface area contributed by atoms with Gasteiger partial charge >= 0.3 is 5.97 Å². The quantitative estimate of drug-likeness (QED) is 0.476. The lowest BCUT2D eigenvalue weighted by Gasteiger charge is -2.21. The van der Waals surface area contributed by atoms with Crippen molar-refractivity contribution in [3.8, 4) is 11.5 Å². The molecule has 1 aromatic carbocycles. The molecular weight excluding hydrogens is 276 g/mol. The first-order chi connectivity index (χ1) is 9.63. The molecule has 0 aromatic heterocycles. The number of rotatable bonds is 6. The summed E-state index contributed by atoms with van der Waals surface area (Å²) in [4.78, 5) is 22.8. The molecule has 0 bridgehead atoms. The standard InChI is InChI=1S/C14H20N2O5/c1-14(2,13(20)21)7-16-12(19)9(15)5-8-3-4-10(17)11(18)6-8/h3-4,6,9,17-18H,5,7,15H2,1-2H3,(H,16,19)(H,20,21)/t9-/m0/s1. The number of benzene rings is 1. The first-order valence-corrected chi connectivity index (χ1v) is 6.41. The van der Waals surface area contributed by atoms with Crippen LogP contribution in [0.25, 0.3) is 0 Å². The average molecular weight is 296 g/mol. The molecule has 0 heterocycles. The number of amides is 1. The molecule has 0 aliphatic rings. The Hall–Kier alpha value is -2.28. The van der Waals surface area contributed by atoms with Gasteiger partial charge in [0.05, 0.1) is 11.5 Å². The summed E-state index contributed by atoms with van der Waals surface area (Å²) in [6.45, 7) is 2.97. The molecule has 1 rings (SSSR count). The van der Waals surface area contributed by atoms with Gasteiger partial charge in [0.15, 0.2) is 11.5 Å². The number of nitrogens with two attached hydrogens (primary N) is 1. The number of aromatic hydroxyl groups is 2. The van der Waals surface area contributed by atoms with Crippen LogP contribution in [0.2, 0.25) is 0 Å². The lowest BCUT2D eigenvalue weighted by Crippen LogP contribution is -2.46. The summed E-state index contributed by atoms with van der Waals surface area (Å²) < 4.78 is 0. The van der Waals surface area contributed by atoms with Gasteiger partial charge in [0, 0.05) is 6.54 Å². The number of phenols is 2. The van der Waals surface area contributed by atoms with Crippen LogP contribution in [0.5, 0.6) is 11.5 Å². The van der Waals surface area contributed by atoms with Crippen molar-refractivity contribution < 1.29 is 24.9 Å². The van der Waals surface area contributed by atoms with Crippen LogP contribution in [0, 0.1) is 5.41 Å². The lowest BCUT2D eigenvalue weighted by molar-refractivity contribution is -0.146. The van der Waals surface area contributed by atoms with E-state index in [-0.39, 0.29) is 24.5 Å². The van der Waals surface area contributed by atoms with E-state index in [0.29, 0.717) is 5.56 Å². The van der Waals surface area contributed by atoms with Crippen LogP contribution in [0.15, 0.2) is 18.2 Å². The Morgan fingerprint density at radius 3 is 2.43 bits per heavy atom. The number of nitrogens with one attached hydrogen (secondary N) is 1. The summed E-state index contributed by atoms with van der Waals surface area (Å²) >= 11 is 0. The van der Waals surface area contributed by atoms with Crippen LogP contribution >= 0.6 is 0 Å². The van der Waals surface area contributed by atoms with E-state index in [2.05, 4.69) is 5.32 Å². The minimum absolute atomic E-state index is 0.0320. The maximum Gasteiger partial charge on any atom is 0.310 e. The molecule has 0 aliphatic carbocycles. The maximum absolute atomic E-state index is 11.8. The second kappa shape index (κ2) is 6.45. The molecule has 0 saturated heterocycles. The van der Waals surface area contributed by atoms with Gasteiger partial charge in [-0.1, -0.05) is 6.07 Å². The molecule has 7 nitrogen and oxygen atoms in total. The fourth-order valence-corrected chi connectivity index (χ4v) is 1.56. The summed E-state index contributed by atoms with van der Waals surface area (Å²) in [5.41, 5.74) is 5.25. The second-order valence-electron chi connectivity index (χ2n) is 5.54. The summed E-state index contributed by atoms with van der Waals surface area (Å²) in [6.07, 6.45) is 0.160. The third-order valence-corrected chi connectivity index (χ3v) is 3.12. The summed E-state index contributed by atoms with van der Waals surface area (Å²) in [5, 5.41) is 30.0. The maximum atomic E-state index is 11.8. The minimum atomic E-state index is -1.08. The average Bonchev–Trinajstić information content (AvgIpc) is 2.40. The van der Waals surface area contributed by atoms with Crippen LogP contribution in [0.1, 0.15) is 19.4 Å². The molecule has 6 N–H and O–H groups in total. The zero-order valence-electron chi connectivity index (χ0n) is 12.0. The molecule has 1 aromatic rings. The molecular formula is C14H20N2O5. The molecule has 116 valence electrons. The fraction of sp³-hybridized carbons (Fsp3) is 0.429. The van der Waals surface area contributed by atoms with Crippen molar-refractivity contribution >= 4 is 11.9 Å². The van der Waals surface area contributed by atoms with E-state index in [9.17, 15) is 19.8 Å². The number of carbonyl (C=O) groups excluding carboxylic acids is 1. The van der Waals surface area contributed by atoms with Crippen molar-refractivity contribution in [2.24, 2.45) is 11.1 Å². The summed E-state index contributed by atoms with van der Waals surface area (Å²) in [6, 6.07) is 3.30. The number of hydrogen-bond donors (Lipinski definition) is 5. The van der Waals surface area contributed by atoms with Gasteiger partial charge in [-0.15, -0.1) is 0 Å². The smallest absolute Gasteiger partial charge is 0.310 e. The zero-order valence-corrected chi connectivity index (χ0v) is 12.0. The van der Waals surface area contributed by atoms with Gasteiger partial charge in [0.2, 0.25) is 5.91 Å². The van der Waals surface area contributed by atoms with Gasteiger partial charge < -0.3 is 26.4 Å². The molecule has 21 heavy (non-hydrogen) atoms. The van der Waals surface area contributed by atoms with Crippen molar-refractivity contribution in [2.45, 2.75) is 26.3 Å². The van der Waals surface area contributed by atoms with Gasteiger partial charge in [0.25, 0.3) is 0 Å². The third-order valence-electron chi connectivity index (χ3n) is 3.12. The Labute approximate surface area is 122 Å². The van der Waals surface area contributed by atoms with Crippen LogP contribution in [-0.2, 0) is 16.0 Å². The van der Waals surface area contributed by atoms with Gasteiger partial charge in [-0.05, 0) is 38.0 Å². The van der Waals surface area contributed by atoms with Crippen LogP contribution < -0.4 is 11.1 Å². The monoisotopic (exact) mass is 296 g/mol. The number of hydrogen-bond acceptors (Lipinski definition) is 5. The predicted molar refractivity (Wildman–Crippen MR) is 75.9 cm³/mol. The lowest BCUT2D eigenvalue weighted by atomic mass is 9.93. The highest BCUT2D eigenvalue weighted by molar-refractivity contribution is 5.83. The topological polar surface area (TPSA) is 133 Å². The summed E-state index contributed by atoms with van der Waals surface area (Å²) in [5.74, 6) is -2.02. The largest absolute Gasteiger partial charge is 0.504 e. The molecule has 1 amide bonds. The van der Waals surface area contributed by atoms with E-state index in [1.54, 1.807) is 6.07 Å². The van der Waals surface area contributed by atoms with Gasteiger partial charge in [-0.2, -0.15) is 0 Å². The Bertz CT molecular complexity index is 542. The minimum Gasteiger partial charge on any atom is -0.504 e. The molecule has 0 aliphatic heterocycles. The highest BCUT2D eigenvalue weighted by atomic mass is 16.4. The molecule has 1 atom stereocenters. The first-order valence-electron chi connectivity index (χ1n) is 6.41. The SMILES string of the molecule is CC(C)(CNC(=O)[C@@H](N)Cc1ccc(O)c(O)c1)C(=O)O. The molecule has 7 heteroatoms. The van der Waals surface area contributed by atoms with Crippen molar-refractivity contribution in [3.05, 3.63) is 23.8 Å². The number of aliphatic carboxylic acids is 1. The summed E-state index contributed by atoms with van der Waals surface area (Å²) in [7, 11) is 0. The Balaban J connectivity index is 2.59. The van der Waals surface area contributed by atoms with E-state index in [4.69, 9.17) is 10.8 Å². The Morgan fingerprint density at radius 2 is 1.90 bits per heavy atom. The first kappa shape index (κ1) is 16.8. The second-order valence-corrected chi connectivity index (χ2v) is 5.54. The Kier molecular flexibility index (Phi) is 5.15. The van der Waals surface area contributed by atoms with Gasteiger partial charge in [0.1, 0.15) is 0 Å². The van der Waals surface area contributed by atoms with Crippen molar-refractivity contribution in [2.75, 3.05) is 6.54 Å². The van der Waals surface area contributed by atoms with Gasteiger partial charge in [-0.3, -0.25) is 9.59 Å². The predicted octanol–water partition coefficient (Wildman–Crippen LogP) is 0.195. The van der Waals surface area contributed by atoms with E-state index >= 15 is 0 Å². The number of carboxylic acids is 1. The fourth-order valence-electron chi connectivity index (χ4n) is 1.56. The number of carboxylic acid groups (broad SMARTS) is 1. The van der Waals surface area contributed by atoms with Gasteiger partial charge in [-0.25, -0.2) is 0 Å². The molecule has 0 unspecified atom stereocenters. The Morgan fingerprint density at radius 1 is 1.29 bits per heavy atom. The van der Waals surface area contributed by atoms with E-state index in [0.717, 1.165) is 0 Å². The van der Waals surface area contributed by atoms with Crippen LogP contribution in [0.3, 0.4) is 0 Å². The van der Waals surface area contributed by atoms with Crippen LogP contribution in [-0.4, -0.2) is 39.8 Å². The molecule has 0 spiro atoms. The molecule has 0 saturated carbocycles. The van der Waals surface area contributed by atoms with Crippen molar-refractivity contribution in [3.63, 3.8) is 0 Å².